The highest BCUT2D eigenvalue weighted by molar-refractivity contribution is 7.10. The highest BCUT2D eigenvalue weighted by atomic mass is 32.1. The first-order chi connectivity index (χ1) is 5.74. The number of allylic oxidation sites excluding steroid dienone is 1. The molecule has 0 aliphatic rings. The lowest BCUT2D eigenvalue weighted by Gasteiger charge is -1.97. The van der Waals surface area contributed by atoms with Crippen molar-refractivity contribution in [3.63, 3.8) is 0 Å². The second-order valence-corrected chi connectivity index (χ2v) is 3.52. The van der Waals surface area contributed by atoms with E-state index in [0.29, 0.717) is 0 Å². The quantitative estimate of drug-likeness (QED) is 0.711. The maximum absolute atomic E-state index is 5.71. The maximum atomic E-state index is 5.71. The fraction of sp³-hybridized carbons (Fsp3) is 0.222. The molecular weight excluding hydrogens is 168 g/mol. The van der Waals surface area contributed by atoms with Crippen LogP contribution in [0.2, 0.25) is 0 Å². The van der Waals surface area contributed by atoms with Crippen molar-refractivity contribution in [2.75, 3.05) is 12.8 Å². The molecule has 0 aromatic carbocycles. The van der Waals surface area contributed by atoms with Gasteiger partial charge in [-0.05, 0) is 17.0 Å². The molecule has 2 N–H and O–H groups in total. The molecule has 0 bridgehead atoms. The monoisotopic (exact) mass is 180 g/mol. The number of nitrogen functional groups attached to an aromatic ring is 1. The molecule has 1 rings (SSSR count). The first-order valence-electron chi connectivity index (χ1n) is 3.66. The van der Waals surface area contributed by atoms with Crippen LogP contribution in [0, 0.1) is 0 Å². The summed E-state index contributed by atoms with van der Waals surface area (Å²) in [6.45, 7) is 3.86. The molecule has 64 valence electrons. The Hall–Kier alpha value is -1.09. The molecule has 12 heavy (non-hydrogen) atoms. The first kappa shape index (κ1) is 9.00. The Morgan fingerprint density at radius 2 is 2.58 bits per heavy atom. The Labute approximate surface area is 76.4 Å². The van der Waals surface area contributed by atoms with Crippen LogP contribution in [0.15, 0.2) is 28.6 Å². The molecule has 0 aliphatic heterocycles. The predicted octanol–water partition coefficient (Wildman–Crippen LogP) is 2.13. The molecule has 1 aromatic heterocycles. The lowest BCUT2D eigenvalue weighted by molar-refractivity contribution is 1.29. The van der Waals surface area contributed by atoms with Crippen LogP contribution in [0.4, 0.5) is 5.69 Å². The summed E-state index contributed by atoms with van der Waals surface area (Å²) in [6, 6.07) is 1.91. The Morgan fingerprint density at radius 1 is 1.83 bits per heavy atom. The van der Waals surface area contributed by atoms with E-state index in [0.717, 1.165) is 17.7 Å². The molecule has 0 saturated carbocycles. The van der Waals surface area contributed by atoms with Crippen molar-refractivity contribution in [1.82, 2.24) is 0 Å². The van der Waals surface area contributed by atoms with Gasteiger partial charge in [-0.1, -0.05) is 6.58 Å². The van der Waals surface area contributed by atoms with Crippen molar-refractivity contribution in [3.8, 4) is 0 Å². The minimum Gasteiger partial charge on any atom is -0.398 e. The van der Waals surface area contributed by atoms with Crippen molar-refractivity contribution < 1.29 is 0 Å². The first-order valence-corrected chi connectivity index (χ1v) is 4.53. The Bertz CT molecular complexity index is 299. The van der Waals surface area contributed by atoms with Gasteiger partial charge in [0.1, 0.15) is 0 Å². The lowest BCUT2D eigenvalue weighted by Crippen LogP contribution is -1.92. The molecule has 2 nitrogen and oxygen atoms in total. The van der Waals surface area contributed by atoms with E-state index in [1.807, 2.05) is 11.4 Å². The molecule has 0 fully saturated rings. The van der Waals surface area contributed by atoms with Crippen molar-refractivity contribution in [3.05, 3.63) is 28.5 Å². The average Bonchev–Trinajstić information content (AvgIpc) is 2.37. The van der Waals surface area contributed by atoms with Crippen LogP contribution in [0.25, 0.3) is 0 Å². The number of nitrogens with two attached hydrogens (primary N) is 1. The minimum atomic E-state index is 0.806. The summed E-state index contributed by atoms with van der Waals surface area (Å²) in [6.07, 6.45) is 2.57. The number of hydrogen-bond donors (Lipinski definition) is 1. The van der Waals surface area contributed by atoms with Gasteiger partial charge in [-0.3, -0.25) is 4.99 Å². The van der Waals surface area contributed by atoms with Crippen LogP contribution in [0.3, 0.4) is 0 Å². The van der Waals surface area contributed by atoms with Crippen LogP contribution < -0.4 is 5.73 Å². The van der Waals surface area contributed by atoms with Gasteiger partial charge in [0.2, 0.25) is 0 Å². The Balaban J connectivity index is 2.64. The lowest BCUT2D eigenvalue weighted by atomic mass is 10.2. The molecule has 0 aliphatic carbocycles. The van der Waals surface area contributed by atoms with Gasteiger partial charge in [0, 0.05) is 30.2 Å². The zero-order valence-electron chi connectivity index (χ0n) is 7.08. The smallest absolute Gasteiger partial charge is 0.0458 e. The topological polar surface area (TPSA) is 38.4 Å². The van der Waals surface area contributed by atoms with E-state index < -0.39 is 0 Å². The van der Waals surface area contributed by atoms with Crippen molar-refractivity contribution in [2.24, 2.45) is 4.99 Å². The summed E-state index contributed by atoms with van der Waals surface area (Å²) in [5.41, 5.74) is 7.55. The number of anilines is 1. The third-order valence-corrected chi connectivity index (χ3v) is 2.42. The van der Waals surface area contributed by atoms with Crippen molar-refractivity contribution >= 4 is 23.2 Å². The molecule has 3 heteroatoms. The predicted molar refractivity (Wildman–Crippen MR) is 56.0 cm³/mol. The molecule has 0 unspecified atom stereocenters. The summed E-state index contributed by atoms with van der Waals surface area (Å²) in [4.78, 5) is 5.05. The third-order valence-electron chi connectivity index (χ3n) is 1.48. The molecule has 0 radical (unpaired) electrons. The third kappa shape index (κ3) is 2.20. The fourth-order valence-electron chi connectivity index (χ4n) is 0.929. The second-order valence-electron chi connectivity index (χ2n) is 2.52. The number of aliphatic imine (C=N–C) groups is 1. The standard InChI is InChI=1S/C9H12N2S/c1-7(6-11-2)5-9-8(10)3-4-12-9/h3-4,6H,1,5,10H2,2H3. The highest BCUT2D eigenvalue weighted by Gasteiger charge is 2.00. The van der Waals surface area contributed by atoms with Gasteiger partial charge in [0.25, 0.3) is 0 Å². The van der Waals surface area contributed by atoms with Crippen molar-refractivity contribution in [1.29, 1.82) is 0 Å². The van der Waals surface area contributed by atoms with Gasteiger partial charge in [0.05, 0.1) is 0 Å². The maximum Gasteiger partial charge on any atom is 0.0458 e. The van der Waals surface area contributed by atoms with E-state index in [2.05, 4.69) is 11.6 Å². The summed E-state index contributed by atoms with van der Waals surface area (Å²) in [5, 5.41) is 1.99. The normalized spacial score (nSPS) is 10.8. The van der Waals surface area contributed by atoms with E-state index in [9.17, 15) is 0 Å². The second kappa shape index (κ2) is 4.07. The molecule has 0 saturated heterocycles. The van der Waals surface area contributed by atoms with E-state index in [-0.39, 0.29) is 0 Å². The summed E-state index contributed by atoms with van der Waals surface area (Å²) < 4.78 is 0. The zero-order valence-corrected chi connectivity index (χ0v) is 7.90. The van der Waals surface area contributed by atoms with E-state index in [1.54, 1.807) is 24.6 Å². The summed E-state index contributed by atoms with van der Waals surface area (Å²) in [7, 11) is 1.74. The average molecular weight is 180 g/mol. The number of nitrogens with zero attached hydrogens (tertiary/aromatic N) is 1. The Morgan fingerprint density at radius 3 is 3.08 bits per heavy atom. The van der Waals surface area contributed by atoms with Gasteiger partial charge in [0.15, 0.2) is 0 Å². The summed E-state index contributed by atoms with van der Waals surface area (Å²) in [5.74, 6) is 0. The number of thiophene rings is 1. The largest absolute Gasteiger partial charge is 0.398 e. The van der Waals surface area contributed by atoms with E-state index >= 15 is 0 Å². The fourth-order valence-corrected chi connectivity index (χ4v) is 1.78. The van der Waals surface area contributed by atoms with Crippen LogP contribution in [-0.2, 0) is 6.42 Å². The molecular formula is C9H12N2S. The molecule has 1 heterocycles. The molecule has 0 atom stereocenters. The Kier molecular flexibility index (Phi) is 3.05. The van der Waals surface area contributed by atoms with Crippen molar-refractivity contribution in [2.45, 2.75) is 6.42 Å². The van der Waals surface area contributed by atoms with Crippen LogP contribution >= 0.6 is 11.3 Å². The number of rotatable bonds is 3. The van der Waals surface area contributed by atoms with Gasteiger partial charge in [-0.2, -0.15) is 0 Å². The van der Waals surface area contributed by atoms with Gasteiger partial charge >= 0.3 is 0 Å². The summed E-state index contributed by atoms with van der Waals surface area (Å²) >= 11 is 1.66. The van der Waals surface area contributed by atoms with E-state index in [1.165, 1.54) is 4.88 Å². The van der Waals surface area contributed by atoms with Crippen LogP contribution in [-0.4, -0.2) is 13.3 Å². The molecule has 0 amide bonds. The number of hydrogen-bond acceptors (Lipinski definition) is 3. The molecule has 1 aromatic rings. The zero-order chi connectivity index (χ0) is 8.97. The highest BCUT2D eigenvalue weighted by Crippen LogP contribution is 2.20. The van der Waals surface area contributed by atoms with Crippen LogP contribution in [0.5, 0.6) is 0 Å². The SMILES string of the molecule is C=C(C=NC)Cc1sccc1N. The van der Waals surface area contributed by atoms with E-state index in [4.69, 9.17) is 5.73 Å². The molecule has 0 spiro atoms. The van der Waals surface area contributed by atoms with Gasteiger partial charge in [-0.25, -0.2) is 0 Å². The minimum absolute atomic E-state index is 0.806. The van der Waals surface area contributed by atoms with Gasteiger partial charge < -0.3 is 5.73 Å². The van der Waals surface area contributed by atoms with Gasteiger partial charge in [-0.15, -0.1) is 11.3 Å². The van der Waals surface area contributed by atoms with Crippen LogP contribution in [0.1, 0.15) is 4.88 Å².